The lowest BCUT2D eigenvalue weighted by atomic mass is 9.51. The molecule has 0 saturated heterocycles. The van der Waals surface area contributed by atoms with Gasteiger partial charge in [0.2, 0.25) is 0 Å². The van der Waals surface area contributed by atoms with Gasteiger partial charge in [0.1, 0.15) is 5.78 Å². The fourth-order valence-electron chi connectivity index (χ4n) is 3.99. The highest BCUT2D eigenvalue weighted by molar-refractivity contribution is 5.90. The molecule has 0 amide bonds. The predicted octanol–water partition coefficient (Wildman–Crippen LogP) is -0.0124. The van der Waals surface area contributed by atoms with Crippen molar-refractivity contribution in [1.82, 2.24) is 0 Å². The van der Waals surface area contributed by atoms with Gasteiger partial charge >= 0.3 is 0 Å². The van der Waals surface area contributed by atoms with Gasteiger partial charge in [-0.25, -0.2) is 0 Å². The monoisotopic (exact) mass is 193 g/mol. The minimum Gasteiger partial charge on any atom is -0.550 e. The molecule has 0 unspecified atom stereocenters. The number of hydrogen-bond acceptors (Lipinski definition) is 3. The Hall–Kier alpha value is -0.860. The van der Waals surface area contributed by atoms with E-state index in [1.54, 1.807) is 0 Å². The average Bonchev–Trinajstić information content (AvgIpc) is 2.12. The number of hydrogen-bond donors (Lipinski definition) is 0. The summed E-state index contributed by atoms with van der Waals surface area (Å²) in [5, 5.41) is 11.0. The van der Waals surface area contributed by atoms with Crippen molar-refractivity contribution in [2.75, 3.05) is 0 Å². The van der Waals surface area contributed by atoms with Gasteiger partial charge in [-0.3, -0.25) is 4.79 Å². The molecule has 4 aliphatic carbocycles. The standard InChI is InChI=1S/C11H14O3/c12-10-7-2-5-1-6(4-7)9(11(13)14)8(10)3-5/h5-9H,1-4H2,(H,13,14)/p-1/t5-,6+,7-,8+,9-/m0/s1. The Balaban J connectivity index is 1.97. The number of ketones is 1. The number of aliphatic carboxylic acids is 1. The normalized spacial score (nSPS) is 49.7. The SMILES string of the molecule is O=C([O-])[C@H]1[C@@H]2C[C@H]3C[C@@H](C2)C(=O)[C@@H]1C3. The lowest BCUT2D eigenvalue weighted by molar-refractivity contribution is -0.318. The lowest BCUT2D eigenvalue weighted by Crippen LogP contribution is -2.56. The van der Waals surface area contributed by atoms with Gasteiger partial charge in [-0.2, -0.15) is 0 Å². The van der Waals surface area contributed by atoms with E-state index in [1.165, 1.54) is 0 Å². The molecular weight excluding hydrogens is 180 g/mol. The third-order valence-corrected chi connectivity index (χ3v) is 4.41. The summed E-state index contributed by atoms with van der Waals surface area (Å²) in [7, 11) is 0. The van der Waals surface area contributed by atoms with Gasteiger partial charge in [0.15, 0.2) is 0 Å². The third-order valence-electron chi connectivity index (χ3n) is 4.41. The Morgan fingerprint density at radius 1 is 1.21 bits per heavy atom. The molecule has 4 fully saturated rings. The predicted molar refractivity (Wildman–Crippen MR) is 45.9 cm³/mol. The summed E-state index contributed by atoms with van der Waals surface area (Å²) in [6.07, 6.45) is 3.65. The molecule has 0 heterocycles. The average molecular weight is 193 g/mol. The summed E-state index contributed by atoms with van der Waals surface area (Å²) in [6.45, 7) is 0. The Morgan fingerprint density at radius 2 is 2.00 bits per heavy atom. The number of carbonyl (C=O) groups excluding carboxylic acids is 2. The van der Waals surface area contributed by atoms with E-state index in [-0.39, 0.29) is 23.5 Å². The molecule has 14 heavy (non-hydrogen) atoms. The molecule has 0 aromatic carbocycles. The molecule has 5 atom stereocenters. The number of carboxylic acids is 1. The number of rotatable bonds is 1. The molecule has 0 aromatic heterocycles. The minimum absolute atomic E-state index is 0.188. The van der Waals surface area contributed by atoms with Gasteiger partial charge in [-0.1, -0.05) is 0 Å². The van der Waals surface area contributed by atoms with Crippen LogP contribution in [-0.4, -0.2) is 11.8 Å². The van der Waals surface area contributed by atoms with E-state index in [9.17, 15) is 14.7 Å². The van der Waals surface area contributed by atoms with Gasteiger partial charge in [-0.15, -0.1) is 0 Å². The molecule has 0 N–H and O–H groups in total. The van der Waals surface area contributed by atoms with Crippen LogP contribution in [0.4, 0.5) is 0 Å². The lowest BCUT2D eigenvalue weighted by Gasteiger charge is -2.53. The largest absolute Gasteiger partial charge is 0.550 e. The first kappa shape index (κ1) is 8.45. The summed E-state index contributed by atoms with van der Waals surface area (Å²) >= 11 is 0. The van der Waals surface area contributed by atoms with Gasteiger partial charge < -0.3 is 9.90 Å². The number of carboxylic acid groups (broad SMARTS) is 1. The maximum Gasteiger partial charge on any atom is 0.139 e. The molecule has 0 aliphatic heterocycles. The Labute approximate surface area is 82.5 Å². The third kappa shape index (κ3) is 0.928. The van der Waals surface area contributed by atoms with Gasteiger partial charge in [0, 0.05) is 23.7 Å². The molecule has 0 spiro atoms. The van der Waals surface area contributed by atoms with E-state index in [2.05, 4.69) is 0 Å². The molecule has 76 valence electrons. The van der Waals surface area contributed by atoms with Crippen LogP contribution in [0.3, 0.4) is 0 Å². The highest BCUT2D eigenvalue weighted by Crippen LogP contribution is 2.54. The molecule has 0 aromatic rings. The molecule has 4 aliphatic rings. The zero-order valence-corrected chi connectivity index (χ0v) is 7.94. The quantitative estimate of drug-likeness (QED) is 0.588. The summed E-state index contributed by atoms with van der Waals surface area (Å²) in [5.74, 6) is -0.393. The second-order valence-corrected chi connectivity index (χ2v) is 5.12. The van der Waals surface area contributed by atoms with Crippen LogP contribution in [0, 0.1) is 29.6 Å². The molecule has 0 radical (unpaired) electrons. The summed E-state index contributed by atoms with van der Waals surface area (Å²) < 4.78 is 0. The van der Waals surface area contributed by atoms with Crippen LogP contribution >= 0.6 is 0 Å². The van der Waals surface area contributed by atoms with E-state index in [0.717, 1.165) is 25.7 Å². The summed E-state index contributed by atoms with van der Waals surface area (Å²) in [4.78, 5) is 22.8. The van der Waals surface area contributed by atoms with Crippen LogP contribution in [0.5, 0.6) is 0 Å². The molecule has 4 bridgehead atoms. The maximum absolute atomic E-state index is 11.8. The summed E-state index contributed by atoms with van der Waals surface area (Å²) in [6, 6.07) is 0. The zero-order valence-electron chi connectivity index (χ0n) is 7.94. The van der Waals surface area contributed by atoms with Gasteiger partial charge in [0.25, 0.3) is 0 Å². The zero-order chi connectivity index (χ0) is 9.87. The first-order valence-corrected chi connectivity index (χ1v) is 5.41. The van der Waals surface area contributed by atoms with Crippen molar-refractivity contribution in [2.45, 2.75) is 25.7 Å². The van der Waals surface area contributed by atoms with Crippen LogP contribution in [-0.2, 0) is 9.59 Å². The fourth-order valence-corrected chi connectivity index (χ4v) is 3.99. The smallest absolute Gasteiger partial charge is 0.139 e. The topological polar surface area (TPSA) is 57.2 Å². The van der Waals surface area contributed by atoms with Crippen molar-refractivity contribution in [3.8, 4) is 0 Å². The number of Topliss-reactive ketones (excluding diaryl/α,β-unsaturated/α-hetero) is 1. The molecule has 3 heteroatoms. The van der Waals surface area contributed by atoms with Gasteiger partial charge in [0.05, 0.1) is 0 Å². The van der Waals surface area contributed by atoms with E-state index < -0.39 is 11.9 Å². The second kappa shape index (κ2) is 2.59. The first-order valence-electron chi connectivity index (χ1n) is 5.41. The Kier molecular flexibility index (Phi) is 1.56. The van der Waals surface area contributed by atoms with Crippen molar-refractivity contribution in [3.63, 3.8) is 0 Å². The van der Waals surface area contributed by atoms with Gasteiger partial charge in [-0.05, 0) is 37.5 Å². The number of carbonyl (C=O) groups is 2. The minimum atomic E-state index is -0.993. The fraction of sp³-hybridized carbons (Fsp3) is 0.818. The van der Waals surface area contributed by atoms with Crippen molar-refractivity contribution < 1.29 is 14.7 Å². The van der Waals surface area contributed by atoms with Crippen molar-refractivity contribution in [3.05, 3.63) is 0 Å². The van der Waals surface area contributed by atoms with E-state index in [1.807, 2.05) is 0 Å². The van der Waals surface area contributed by atoms with E-state index in [0.29, 0.717) is 5.92 Å². The molecular formula is C11H13O3-. The van der Waals surface area contributed by atoms with Crippen molar-refractivity contribution in [1.29, 1.82) is 0 Å². The van der Waals surface area contributed by atoms with Crippen molar-refractivity contribution >= 4 is 11.8 Å². The molecule has 4 rings (SSSR count). The van der Waals surface area contributed by atoms with Crippen LogP contribution < -0.4 is 5.11 Å². The van der Waals surface area contributed by atoms with Crippen LogP contribution in [0.25, 0.3) is 0 Å². The maximum atomic E-state index is 11.8. The van der Waals surface area contributed by atoms with E-state index >= 15 is 0 Å². The first-order chi connectivity index (χ1) is 6.66. The van der Waals surface area contributed by atoms with Crippen LogP contribution in [0.2, 0.25) is 0 Å². The van der Waals surface area contributed by atoms with E-state index in [4.69, 9.17) is 0 Å². The van der Waals surface area contributed by atoms with Crippen LogP contribution in [0.1, 0.15) is 25.7 Å². The second-order valence-electron chi connectivity index (χ2n) is 5.12. The van der Waals surface area contributed by atoms with Crippen molar-refractivity contribution in [2.24, 2.45) is 29.6 Å². The highest BCUT2D eigenvalue weighted by atomic mass is 16.4. The Morgan fingerprint density at radius 3 is 2.71 bits per heavy atom. The van der Waals surface area contributed by atoms with Crippen LogP contribution in [0.15, 0.2) is 0 Å². The Bertz CT molecular complexity index is 310. The summed E-state index contributed by atoms with van der Waals surface area (Å²) in [5.41, 5.74) is 0. The highest BCUT2D eigenvalue weighted by Gasteiger charge is 2.53. The molecule has 3 nitrogen and oxygen atoms in total. The molecule has 4 saturated carbocycles.